The Morgan fingerprint density at radius 3 is 3.00 bits per heavy atom. The third-order valence-corrected chi connectivity index (χ3v) is 3.22. The Bertz CT molecular complexity index is 343. The molecule has 1 aromatic rings. The number of hydrazine groups is 1. The molecule has 1 aliphatic rings. The highest BCUT2D eigenvalue weighted by atomic mass is 35.5. The lowest BCUT2D eigenvalue weighted by atomic mass is 10.00. The van der Waals surface area contributed by atoms with E-state index in [0.29, 0.717) is 12.1 Å². The van der Waals surface area contributed by atoms with E-state index in [1.807, 2.05) is 18.2 Å². The van der Waals surface area contributed by atoms with Crippen molar-refractivity contribution in [3.63, 3.8) is 0 Å². The van der Waals surface area contributed by atoms with Crippen molar-refractivity contribution in [3.8, 4) is 0 Å². The molecule has 4 heteroatoms. The van der Waals surface area contributed by atoms with Crippen molar-refractivity contribution in [2.45, 2.75) is 31.3 Å². The lowest BCUT2D eigenvalue weighted by Crippen LogP contribution is -2.31. The summed E-state index contributed by atoms with van der Waals surface area (Å²) >= 11 is 5.98. The minimum Gasteiger partial charge on any atom is -0.330 e. The van der Waals surface area contributed by atoms with E-state index in [1.54, 1.807) is 0 Å². The topological polar surface area (TPSA) is 50.1 Å². The van der Waals surface area contributed by atoms with Crippen molar-refractivity contribution in [2.24, 2.45) is 5.73 Å². The van der Waals surface area contributed by atoms with Gasteiger partial charge in [0.05, 0.1) is 0 Å². The van der Waals surface area contributed by atoms with Gasteiger partial charge in [0.1, 0.15) is 0 Å². The van der Waals surface area contributed by atoms with Gasteiger partial charge in [-0.3, -0.25) is 10.9 Å². The van der Waals surface area contributed by atoms with Crippen molar-refractivity contribution in [3.05, 3.63) is 34.9 Å². The number of benzene rings is 1. The highest BCUT2D eigenvalue weighted by Gasteiger charge is 2.24. The lowest BCUT2D eigenvalue weighted by molar-refractivity contribution is 0.505. The molecule has 0 aromatic heterocycles. The number of hydrogen-bond acceptors (Lipinski definition) is 3. The Kier molecular flexibility index (Phi) is 4.18. The fourth-order valence-electron chi connectivity index (χ4n) is 2.12. The summed E-state index contributed by atoms with van der Waals surface area (Å²) in [7, 11) is 0. The van der Waals surface area contributed by atoms with Crippen LogP contribution in [0.3, 0.4) is 0 Å². The summed E-state index contributed by atoms with van der Waals surface area (Å²) in [5, 5.41) is 0.796. The Labute approximate surface area is 101 Å². The Morgan fingerprint density at radius 1 is 1.38 bits per heavy atom. The molecule has 0 aliphatic carbocycles. The third-order valence-electron chi connectivity index (χ3n) is 2.99. The largest absolute Gasteiger partial charge is 0.330 e. The van der Waals surface area contributed by atoms with Gasteiger partial charge >= 0.3 is 0 Å². The van der Waals surface area contributed by atoms with Crippen LogP contribution in [0, 0.1) is 0 Å². The predicted octanol–water partition coefficient (Wildman–Crippen LogP) is 1.99. The number of rotatable bonds is 4. The van der Waals surface area contributed by atoms with Crippen molar-refractivity contribution in [1.82, 2.24) is 10.9 Å². The molecule has 1 saturated heterocycles. The van der Waals surface area contributed by atoms with Gasteiger partial charge in [0.2, 0.25) is 0 Å². The first kappa shape index (κ1) is 11.9. The molecule has 3 nitrogen and oxygen atoms in total. The summed E-state index contributed by atoms with van der Waals surface area (Å²) in [6.45, 7) is 0.764. The molecule has 0 radical (unpaired) electrons. The summed E-state index contributed by atoms with van der Waals surface area (Å²) in [4.78, 5) is 0. The summed E-state index contributed by atoms with van der Waals surface area (Å²) in [6.07, 6.45) is 3.29. The molecular formula is C12H18ClN3. The minimum atomic E-state index is 0.362. The van der Waals surface area contributed by atoms with E-state index in [9.17, 15) is 0 Å². The second kappa shape index (κ2) is 5.64. The first-order valence-electron chi connectivity index (χ1n) is 5.76. The average Bonchev–Trinajstić information content (AvgIpc) is 2.75. The van der Waals surface area contributed by atoms with Crippen LogP contribution in [0.4, 0.5) is 0 Å². The number of nitrogens with one attached hydrogen (secondary N) is 2. The van der Waals surface area contributed by atoms with Crippen LogP contribution in [0.5, 0.6) is 0 Å². The third kappa shape index (κ3) is 2.95. The second-order valence-electron chi connectivity index (χ2n) is 4.26. The Balaban J connectivity index is 1.93. The van der Waals surface area contributed by atoms with Crippen LogP contribution in [0.2, 0.25) is 5.02 Å². The highest BCUT2D eigenvalue weighted by molar-refractivity contribution is 6.30. The highest BCUT2D eigenvalue weighted by Crippen LogP contribution is 2.25. The zero-order valence-corrected chi connectivity index (χ0v) is 10.0. The molecule has 4 N–H and O–H groups in total. The summed E-state index contributed by atoms with van der Waals surface area (Å²) in [5.74, 6) is 0. The standard InChI is InChI=1S/C12H18ClN3/c13-10-4-1-3-9(7-10)12-8-11(15-16-12)5-2-6-14/h1,3-4,7,11-12,15-16H,2,5-6,8,14H2. The van der Waals surface area contributed by atoms with E-state index in [4.69, 9.17) is 17.3 Å². The molecule has 0 spiro atoms. The molecular weight excluding hydrogens is 222 g/mol. The maximum atomic E-state index is 5.98. The molecule has 1 aliphatic heterocycles. The molecule has 16 heavy (non-hydrogen) atoms. The molecule has 0 amide bonds. The predicted molar refractivity (Wildman–Crippen MR) is 67.2 cm³/mol. The number of nitrogens with two attached hydrogens (primary N) is 1. The van der Waals surface area contributed by atoms with Gasteiger partial charge < -0.3 is 5.73 Å². The van der Waals surface area contributed by atoms with E-state index in [0.717, 1.165) is 30.8 Å². The van der Waals surface area contributed by atoms with Gasteiger partial charge in [0.15, 0.2) is 0 Å². The first-order valence-corrected chi connectivity index (χ1v) is 6.14. The van der Waals surface area contributed by atoms with Crippen LogP contribution in [-0.2, 0) is 0 Å². The monoisotopic (exact) mass is 239 g/mol. The van der Waals surface area contributed by atoms with Gasteiger partial charge in [-0.1, -0.05) is 23.7 Å². The minimum absolute atomic E-state index is 0.362. The van der Waals surface area contributed by atoms with Crippen LogP contribution in [0.1, 0.15) is 30.9 Å². The quantitative estimate of drug-likeness (QED) is 0.753. The van der Waals surface area contributed by atoms with Crippen LogP contribution in [-0.4, -0.2) is 12.6 Å². The SMILES string of the molecule is NCCCC1CC(c2cccc(Cl)c2)NN1. The maximum absolute atomic E-state index is 5.98. The first-order chi connectivity index (χ1) is 7.79. The maximum Gasteiger partial charge on any atom is 0.0478 e. The fourth-order valence-corrected chi connectivity index (χ4v) is 2.32. The van der Waals surface area contributed by atoms with Crippen LogP contribution < -0.4 is 16.6 Å². The van der Waals surface area contributed by atoms with Crippen LogP contribution in [0.15, 0.2) is 24.3 Å². The van der Waals surface area contributed by atoms with Crippen molar-refractivity contribution >= 4 is 11.6 Å². The van der Waals surface area contributed by atoms with Gasteiger partial charge in [-0.05, 0) is 43.5 Å². The molecule has 2 atom stereocenters. The zero-order chi connectivity index (χ0) is 11.4. The molecule has 1 fully saturated rings. The average molecular weight is 240 g/mol. The lowest BCUT2D eigenvalue weighted by Gasteiger charge is -2.09. The normalized spacial score (nSPS) is 24.9. The van der Waals surface area contributed by atoms with Crippen molar-refractivity contribution in [1.29, 1.82) is 0 Å². The van der Waals surface area contributed by atoms with E-state index in [2.05, 4.69) is 16.9 Å². The van der Waals surface area contributed by atoms with Crippen LogP contribution in [0.25, 0.3) is 0 Å². The number of hydrogen-bond donors (Lipinski definition) is 3. The van der Waals surface area contributed by atoms with Gasteiger partial charge in [0.25, 0.3) is 0 Å². The zero-order valence-electron chi connectivity index (χ0n) is 9.25. The summed E-state index contributed by atoms with van der Waals surface area (Å²) < 4.78 is 0. The van der Waals surface area contributed by atoms with E-state index >= 15 is 0 Å². The molecule has 88 valence electrons. The van der Waals surface area contributed by atoms with Crippen LogP contribution >= 0.6 is 11.6 Å². The Morgan fingerprint density at radius 2 is 2.25 bits per heavy atom. The molecule has 0 saturated carbocycles. The fraction of sp³-hybridized carbons (Fsp3) is 0.500. The van der Waals surface area contributed by atoms with E-state index < -0.39 is 0 Å². The molecule has 2 unspecified atom stereocenters. The summed E-state index contributed by atoms with van der Waals surface area (Å²) in [6, 6.07) is 8.91. The summed E-state index contributed by atoms with van der Waals surface area (Å²) in [5.41, 5.74) is 13.4. The van der Waals surface area contributed by atoms with Gasteiger partial charge in [-0.2, -0.15) is 0 Å². The molecule has 1 aromatic carbocycles. The van der Waals surface area contributed by atoms with Gasteiger partial charge in [-0.25, -0.2) is 0 Å². The molecule has 2 rings (SSSR count). The Hall–Kier alpha value is -0.610. The number of halogens is 1. The van der Waals surface area contributed by atoms with E-state index in [-0.39, 0.29) is 0 Å². The smallest absolute Gasteiger partial charge is 0.0478 e. The van der Waals surface area contributed by atoms with Crippen molar-refractivity contribution < 1.29 is 0 Å². The van der Waals surface area contributed by atoms with Crippen molar-refractivity contribution in [2.75, 3.05) is 6.54 Å². The van der Waals surface area contributed by atoms with Gasteiger partial charge in [0, 0.05) is 17.1 Å². The van der Waals surface area contributed by atoms with Gasteiger partial charge in [-0.15, -0.1) is 0 Å². The molecule has 1 heterocycles. The van der Waals surface area contributed by atoms with E-state index in [1.165, 1.54) is 5.56 Å². The second-order valence-corrected chi connectivity index (χ2v) is 4.70. The molecule has 0 bridgehead atoms.